The van der Waals surface area contributed by atoms with Crippen molar-refractivity contribution in [1.29, 1.82) is 0 Å². The Labute approximate surface area is 108 Å². The summed E-state index contributed by atoms with van der Waals surface area (Å²) in [6, 6.07) is 4.49. The zero-order chi connectivity index (χ0) is 13.1. The number of aryl methyl sites for hydroxylation is 4. The predicted octanol–water partition coefficient (Wildman–Crippen LogP) is 2.58. The fourth-order valence-electron chi connectivity index (χ4n) is 2.59. The molecule has 0 aliphatic rings. The fourth-order valence-corrected chi connectivity index (χ4v) is 2.59. The molecule has 1 aromatic heterocycles. The highest BCUT2D eigenvalue weighted by Crippen LogP contribution is 2.18. The van der Waals surface area contributed by atoms with E-state index < -0.39 is 0 Å². The van der Waals surface area contributed by atoms with E-state index in [2.05, 4.69) is 42.9 Å². The Kier molecular flexibility index (Phi) is 3.82. The number of aromatic amines is 1. The van der Waals surface area contributed by atoms with Crippen molar-refractivity contribution < 1.29 is 0 Å². The first kappa shape index (κ1) is 12.8. The molecule has 0 amide bonds. The van der Waals surface area contributed by atoms with Crippen LogP contribution in [0.25, 0.3) is 0 Å². The lowest BCUT2D eigenvalue weighted by molar-refractivity contribution is 0.873. The average molecular weight is 243 g/mol. The summed E-state index contributed by atoms with van der Waals surface area (Å²) in [6.07, 6.45) is 3.70. The molecule has 18 heavy (non-hydrogen) atoms. The van der Waals surface area contributed by atoms with Crippen LogP contribution >= 0.6 is 0 Å². The average Bonchev–Trinajstić information content (AvgIpc) is 2.75. The van der Waals surface area contributed by atoms with Gasteiger partial charge >= 0.3 is 0 Å². The lowest BCUT2D eigenvalue weighted by Gasteiger charge is -2.11. The second-order valence-electron chi connectivity index (χ2n) is 4.91. The summed E-state index contributed by atoms with van der Waals surface area (Å²) in [6.45, 7) is 7.04. The molecule has 3 N–H and O–H groups in total. The molecule has 0 spiro atoms. The van der Waals surface area contributed by atoms with Gasteiger partial charge in [-0.05, 0) is 50.3 Å². The van der Waals surface area contributed by atoms with Crippen LogP contribution in [0.2, 0.25) is 0 Å². The van der Waals surface area contributed by atoms with E-state index in [9.17, 15) is 0 Å². The molecule has 0 saturated carbocycles. The number of benzene rings is 1. The van der Waals surface area contributed by atoms with Crippen molar-refractivity contribution in [2.45, 2.75) is 40.2 Å². The molecule has 0 saturated heterocycles. The molecule has 3 heteroatoms. The molecule has 0 fully saturated rings. The predicted molar refractivity (Wildman–Crippen MR) is 74.5 cm³/mol. The van der Waals surface area contributed by atoms with Gasteiger partial charge < -0.3 is 10.7 Å². The summed E-state index contributed by atoms with van der Waals surface area (Å²) >= 11 is 0. The van der Waals surface area contributed by atoms with Gasteiger partial charge in [-0.2, -0.15) is 0 Å². The second-order valence-corrected chi connectivity index (χ2v) is 4.91. The number of imidazole rings is 1. The van der Waals surface area contributed by atoms with Gasteiger partial charge in [0.1, 0.15) is 0 Å². The van der Waals surface area contributed by atoms with Gasteiger partial charge in [0.25, 0.3) is 0 Å². The van der Waals surface area contributed by atoms with Crippen LogP contribution < -0.4 is 5.73 Å². The molecule has 0 unspecified atom stereocenters. The van der Waals surface area contributed by atoms with Crippen LogP contribution in [0.3, 0.4) is 0 Å². The van der Waals surface area contributed by atoms with Crippen LogP contribution in [0.15, 0.2) is 18.5 Å². The van der Waals surface area contributed by atoms with Gasteiger partial charge in [-0.1, -0.05) is 17.7 Å². The van der Waals surface area contributed by atoms with Crippen molar-refractivity contribution in [3.05, 3.63) is 52.1 Å². The minimum absolute atomic E-state index is 0.529. The number of nitrogens with zero attached hydrogens (tertiary/aromatic N) is 1. The number of aromatic nitrogens is 2. The smallest absolute Gasteiger partial charge is 0.0925 e. The van der Waals surface area contributed by atoms with Crippen LogP contribution in [0.1, 0.15) is 33.6 Å². The van der Waals surface area contributed by atoms with Crippen LogP contribution in [0.5, 0.6) is 0 Å². The number of nitrogens with one attached hydrogen (secondary N) is 1. The second kappa shape index (κ2) is 5.36. The third-order valence-electron chi connectivity index (χ3n) is 3.46. The fraction of sp³-hybridized carbons (Fsp3) is 0.400. The maximum Gasteiger partial charge on any atom is 0.0925 e. The Hall–Kier alpha value is -1.61. The standard InChI is InChI=1S/C15H21N3/c1-10-6-11(2)13(12(3)7-10)4-5-14-15(8-16)18-9-17-14/h6-7,9H,4-5,8,16H2,1-3H3,(H,17,18). The first-order valence-corrected chi connectivity index (χ1v) is 6.39. The first-order valence-electron chi connectivity index (χ1n) is 6.39. The van der Waals surface area contributed by atoms with Crippen LogP contribution in [0, 0.1) is 20.8 Å². The third kappa shape index (κ3) is 2.62. The number of hydrogen-bond acceptors (Lipinski definition) is 2. The molecule has 1 aromatic carbocycles. The van der Waals surface area contributed by atoms with Crippen LogP contribution in [0.4, 0.5) is 0 Å². The summed E-state index contributed by atoms with van der Waals surface area (Å²) in [5.74, 6) is 0. The highest BCUT2D eigenvalue weighted by atomic mass is 14.9. The maximum atomic E-state index is 5.67. The van der Waals surface area contributed by atoms with Crippen molar-refractivity contribution >= 4 is 0 Å². The summed E-state index contributed by atoms with van der Waals surface area (Å²) in [5, 5.41) is 0. The Morgan fingerprint density at radius 1 is 1.11 bits per heavy atom. The normalized spacial score (nSPS) is 10.9. The SMILES string of the molecule is Cc1cc(C)c(CCc2nc[nH]c2CN)c(C)c1. The monoisotopic (exact) mass is 243 g/mol. The molecule has 0 radical (unpaired) electrons. The summed E-state index contributed by atoms with van der Waals surface area (Å²) in [4.78, 5) is 7.44. The molecule has 0 aliphatic heterocycles. The van der Waals surface area contributed by atoms with Gasteiger partial charge in [-0.15, -0.1) is 0 Å². The Bertz CT molecular complexity index is 517. The van der Waals surface area contributed by atoms with E-state index in [0.29, 0.717) is 6.54 Å². The zero-order valence-corrected chi connectivity index (χ0v) is 11.4. The number of hydrogen-bond donors (Lipinski definition) is 2. The number of nitrogens with two attached hydrogens (primary N) is 1. The van der Waals surface area contributed by atoms with Gasteiger partial charge in [-0.25, -0.2) is 4.98 Å². The van der Waals surface area contributed by atoms with Gasteiger partial charge in [0.2, 0.25) is 0 Å². The van der Waals surface area contributed by atoms with E-state index in [4.69, 9.17) is 5.73 Å². The van der Waals surface area contributed by atoms with E-state index in [0.717, 1.165) is 24.2 Å². The molecule has 2 rings (SSSR count). The van der Waals surface area contributed by atoms with Gasteiger partial charge in [-0.3, -0.25) is 0 Å². The Morgan fingerprint density at radius 3 is 2.39 bits per heavy atom. The summed E-state index contributed by atoms with van der Waals surface area (Å²) in [7, 11) is 0. The first-order chi connectivity index (χ1) is 8.61. The van der Waals surface area contributed by atoms with Crippen molar-refractivity contribution in [2.24, 2.45) is 5.73 Å². The third-order valence-corrected chi connectivity index (χ3v) is 3.46. The number of H-pyrrole nitrogens is 1. The minimum Gasteiger partial charge on any atom is -0.347 e. The molecule has 0 bridgehead atoms. The summed E-state index contributed by atoms with van der Waals surface area (Å²) in [5.41, 5.74) is 13.3. The highest BCUT2D eigenvalue weighted by Gasteiger charge is 2.08. The van der Waals surface area contributed by atoms with Gasteiger partial charge in [0.05, 0.1) is 17.7 Å². The molecular weight excluding hydrogens is 222 g/mol. The van der Waals surface area contributed by atoms with Gasteiger partial charge in [0, 0.05) is 6.54 Å². The van der Waals surface area contributed by atoms with E-state index in [1.165, 1.54) is 22.3 Å². The quantitative estimate of drug-likeness (QED) is 0.867. The molecule has 0 aliphatic carbocycles. The summed E-state index contributed by atoms with van der Waals surface area (Å²) < 4.78 is 0. The lowest BCUT2D eigenvalue weighted by atomic mass is 9.95. The van der Waals surface area contributed by atoms with Crippen molar-refractivity contribution in [1.82, 2.24) is 9.97 Å². The molecule has 96 valence electrons. The molecule has 1 heterocycles. The van der Waals surface area contributed by atoms with Crippen LogP contribution in [-0.4, -0.2) is 9.97 Å². The molecule has 2 aromatic rings. The van der Waals surface area contributed by atoms with E-state index >= 15 is 0 Å². The zero-order valence-electron chi connectivity index (χ0n) is 11.4. The van der Waals surface area contributed by atoms with Gasteiger partial charge in [0.15, 0.2) is 0 Å². The molecule has 3 nitrogen and oxygen atoms in total. The lowest BCUT2D eigenvalue weighted by Crippen LogP contribution is -2.04. The maximum absolute atomic E-state index is 5.67. The molecular formula is C15H21N3. The topological polar surface area (TPSA) is 54.7 Å². The highest BCUT2D eigenvalue weighted by molar-refractivity contribution is 5.38. The van der Waals surface area contributed by atoms with Crippen molar-refractivity contribution in [3.8, 4) is 0 Å². The Balaban J connectivity index is 2.16. The molecule has 0 atom stereocenters. The van der Waals surface area contributed by atoms with E-state index in [1.807, 2.05) is 0 Å². The van der Waals surface area contributed by atoms with Crippen molar-refractivity contribution in [3.63, 3.8) is 0 Å². The minimum atomic E-state index is 0.529. The Morgan fingerprint density at radius 2 is 1.78 bits per heavy atom. The number of rotatable bonds is 4. The van der Waals surface area contributed by atoms with E-state index in [1.54, 1.807) is 6.33 Å². The van der Waals surface area contributed by atoms with Crippen LogP contribution in [-0.2, 0) is 19.4 Å². The largest absolute Gasteiger partial charge is 0.347 e. The van der Waals surface area contributed by atoms with E-state index in [-0.39, 0.29) is 0 Å². The van der Waals surface area contributed by atoms with Crippen molar-refractivity contribution in [2.75, 3.05) is 0 Å².